The Labute approximate surface area is 165 Å². The molecule has 2 amide bonds. The van der Waals surface area contributed by atoms with E-state index in [-0.39, 0.29) is 34.9 Å². The first kappa shape index (κ1) is 19.4. The van der Waals surface area contributed by atoms with Crippen LogP contribution in [0.2, 0.25) is 0 Å². The van der Waals surface area contributed by atoms with Gasteiger partial charge >= 0.3 is 0 Å². The first-order valence-electron chi connectivity index (χ1n) is 8.39. The third kappa shape index (κ3) is 4.89. The van der Waals surface area contributed by atoms with Crippen LogP contribution in [0.4, 0.5) is 5.69 Å². The molecule has 1 heterocycles. The van der Waals surface area contributed by atoms with Crippen molar-refractivity contribution in [2.24, 2.45) is 10.2 Å². The van der Waals surface area contributed by atoms with E-state index in [0.29, 0.717) is 17.0 Å². The quantitative estimate of drug-likeness (QED) is 0.455. The standard InChI is InChI=1S/C19H18N4O4S/c1-11(14-8-7-13(24)9-15(14)25)22-23-19-21-18(27)16(28-19)10-17(26)20-12-5-3-2-4-6-12/h2-9,16,24-25H,10H2,1H3,(H,20,26)(H,21,23,27)/b22-11+/t16-/m1/s1. The third-order valence-corrected chi connectivity index (χ3v) is 4.94. The zero-order valence-corrected chi connectivity index (χ0v) is 15.7. The Bertz CT molecular complexity index is 960. The Morgan fingerprint density at radius 1 is 1.21 bits per heavy atom. The minimum absolute atomic E-state index is 0.00581. The van der Waals surface area contributed by atoms with E-state index in [9.17, 15) is 19.8 Å². The molecule has 144 valence electrons. The van der Waals surface area contributed by atoms with Crippen LogP contribution in [0.3, 0.4) is 0 Å². The van der Waals surface area contributed by atoms with E-state index >= 15 is 0 Å². The van der Waals surface area contributed by atoms with Gasteiger partial charge < -0.3 is 20.8 Å². The number of phenolic OH excluding ortho intramolecular Hbond substituents is 2. The molecule has 0 aromatic heterocycles. The summed E-state index contributed by atoms with van der Waals surface area (Å²) in [6, 6.07) is 13.1. The minimum atomic E-state index is -0.597. The molecule has 1 aliphatic rings. The topological polar surface area (TPSA) is 123 Å². The van der Waals surface area contributed by atoms with E-state index in [2.05, 4.69) is 20.8 Å². The van der Waals surface area contributed by atoms with Gasteiger partial charge in [0, 0.05) is 23.7 Å². The van der Waals surface area contributed by atoms with Gasteiger partial charge in [0.1, 0.15) is 16.7 Å². The van der Waals surface area contributed by atoms with Crippen LogP contribution in [0, 0.1) is 0 Å². The number of carbonyl (C=O) groups excluding carboxylic acids is 2. The van der Waals surface area contributed by atoms with Crippen molar-refractivity contribution in [3.63, 3.8) is 0 Å². The van der Waals surface area contributed by atoms with Crippen LogP contribution < -0.4 is 10.6 Å². The molecule has 2 aromatic carbocycles. The molecule has 8 nitrogen and oxygen atoms in total. The lowest BCUT2D eigenvalue weighted by Crippen LogP contribution is -2.28. The zero-order valence-electron chi connectivity index (χ0n) is 14.9. The van der Waals surface area contributed by atoms with Crippen molar-refractivity contribution in [2.45, 2.75) is 18.6 Å². The molecule has 1 aliphatic heterocycles. The number of hydrogen-bond acceptors (Lipinski definition) is 7. The number of amidine groups is 1. The van der Waals surface area contributed by atoms with Crippen LogP contribution >= 0.6 is 11.8 Å². The number of phenols is 2. The Balaban J connectivity index is 1.62. The van der Waals surface area contributed by atoms with Gasteiger partial charge in [-0.2, -0.15) is 5.10 Å². The summed E-state index contributed by atoms with van der Waals surface area (Å²) in [6.07, 6.45) is 0.00581. The number of nitrogens with zero attached hydrogens (tertiary/aromatic N) is 2. The fourth-order valence-electron chi connectivity index (χ4n) is 2.49. The van der Waals surface area contributed by atoms with Gasteiger partial charge in [-0.1, -0.05) is 30.0 Å². The van der Waals surface area contributed by atoms with Crippen molar-refractivity contribution >= 4 is 40.1 Å². The van der Waals surface area contributed by atoms with Gasteiger partial charge in [-0.3, -0.25) is 9.59 Å². The van der Waals surface area contributed by atoms with E-state index in [1.807, 2.05) is 18.2 Å². The number of rotatable bonds is 5. The van der Waals surface area contributed by atoms with E-state index < -0.39 is 5.25 Å². The number of benzene rings is 2. The molecule has 2 aromatic rings. The molecule has 3 rings (SSSR count). The zero-order chi connectivity index (χ0) is 20.1. The van der Waals surface area contributed by atoms with Gasteiger partial charge in [-0.25, -0.2) is 0 Å². The van der Waals surface area contributed by atoms with Crippen LogP contribution in [0.25, 0.3) is 0 Å². The van der Waals surface area contributed by atoms with Crippen molar-refractivity contribution in [2.75, 3.05) is 5.32 Å². The largest absolute Gasteiger partial charge is 0.508 e. The van der Waals surface area contributed by atoms with Crippen molar-refractivity contribution < 1.29 is 19.8 Å². The minimum Gasteiger partial charge on any atom is -0.508 e. The molecule has 4 N–H and O–H groups in total. The van der Waals surface area contributed by atoms with Crippen LogP contribution in [0.1, 0.15) is 18.9 Å². The summed E-state index contributed by atoms with van der Waals surface area (Å²) < 4.78 is 0. The fraction of sp³-hybridized carbons (Fsp3) is 0.158. The molecule has 1 fully saturated rings. The highest BCUT2D eigenvalue weighted by Gasteiger charge is 2.32. The Kier molecular flexibility index (Phi) is 5.95. The maximum atomic E-state index is 12.1. The van der Waals surface area contributed by atoms with Gasteiger partial charge in [0.2, 0.25) is 11.8 Å². The fourth-order valence-corrected chi connectivity index (χ4v) is 3.41. The van der Waals surface area contributed by atoms with E-state index in [1.165, 1.54) is 18.2 Å². The average Bonchev–Trinajstić information content (AvgIpc) is 3.00. The molecule has 0 radical (unpaired) electrons. The van der Waals surface area contributed by atoms with Crippen molar-refractivity contribution in [3.05, 3.63) is 54.1 Å². The van der Waals surface area contributed by atoms with Crippen LogP contribution in [-0.2, 0) is 9.59 Å². The number of anilines is 1. The number of thioether (sulfide) groups is 1. The highest BCUT2D eigenvalue weighted by atomic mass is 32.2. The molecule has 9 heteroatoms. The lowest BCUT2D eigenvalue weighted by atomic mass is 10.1. The Morgan fingerprint density at radius 2 is 1.96 bits per heavy atom. The highest BCUT2D eigenvalue weighted by Crippen LogP contribution is 2.25. The third-order valence-electron chi connectivity index (χ3n) is 3.87. The molecule has 1 saturated heterocycles. The van der Waals surface area contributed by atoms with Crippen molar-refractivity contribution in [1.29, 1.82) is 0 Å². The van der Waals surface area contributed by atoms with Crippen molar-refractivity contribution in [1.82, 2.24) is 5.32 Å². The van der Waals surface area contributed by atoms with Gasteiger partial charge in [0.15, 0.2) is 5.17 Å². The van der Waals surface area contributed by atoms with Crippen molar-refractivity contribution in [3.8, 4) is 11.5 Å². The number of aromatic hydroxyl groups is 2. The summed E-state index contributed by atoms with van der Waals surface area (Å²) in [4.78, 5) is 24.2. The monoisotopic (exact) mass is 398 g/mol. The van der Waals surface area contributed by atoms with Crippen LogP contribution in [0.5, 0.6) is 11.5 Å². The molecule has 1 atom stereocenters. The summed E-state index contributed by atoms with van der Waals surface area (Å²) in [5.74, 6) is -0.767. The number of carbonyl (C=O) groups is 2. The van der Waals surface area contributed by atoms with E-state index in [1.54, 1.807) is 19.1 Å². The van der Waals surface area contributed by atoms with E-state index in [4.69, 9.17) is 0 Å². The summed E-state index contributed by atoms with van der Waals surface area (Å²) in [7, 11) is 0. The average molecular weight is 398 g/mol. The predicted molar refractivity (Wildman–Crippen MR) is 109 cm³/mol. The molecule has 0 unspecified atom stereocenters. The molecule has 0 bridgehead atoms. The Hall–Kier alpha value is -3.33. The predicted octanol–water partition coefficient (Wildman–Crippen LogP) is 2.44. The van der Waals surface area contributed by atoms with Crippen LogP contribution in [-0.4, -0.2) is 38.2 Å². The first-order chi connectivity index (χ1) is 13.4. The van der Waals surface area contributed by atoms with Crippen LogP contribution in [0.15, 0.2) is 58.7 Å². The van der Waals surface area contributed by atoms with E-state index in [0.717, 1.165) is 11.8 Å². The molecule has 0 spiro atoms. The molecule has 28 heavy (non-hydrogen) atoms. The maximum absolute atomic E-state index is 12.1. The second kappa shape index (κ2) is 8.57. The molecular weight excluding hydrogens is 380 g/mol. The number of nitrogens with one attached hydrogen (secondary N) is 2. The van der Waals surface area contributed by atoms with Gasteiger partial charge in [-0.05, 0) is 31.2 Å². The summed E-state index contributed by atoms with van der Waals surface area (Å²) in [5, 5.41) is 32.2. The molecular formula is C19H18N4O4S. The van der Waals surface area contributed by atoms with Gasteiger partial charge in [0.05, 0.1) is 5.71 Å². The lowest BCUT2D eigenvalue weighted by molar-refractivity contribution is -0.122. The number of hydrogen-bond donors (Lipinski definition) is 4. The highest BCUT2D eigenvalue weighted by molar-refractivity contribution is 8.15. The molecule has 0 aliphatic carbocycles. The summed E-state index contributed by atoms with van der Waals surface area (Å²) in [5.41, 5.74) is 1.49. The second-order valence-corrected chi connectivity index (χ2v) is 7.20. The maximum Gasteiger partial charge on any atom is 0.240 e. The smallest absolute Gasteiger partial charge is 0.240 e. The number of para-hydroxylation sites is 1. The summed E-state index contributed by atoms with van der Waals surface area (Å²) in [6.45, 7) is 1.64. The molecule has 0 saturated carbocycles. The van der Waals surface area contributed by atoms with Gasteiger partial charge in [0.25, 0.3) is 0 Å². The first-order valence-corrected chi connectivity index (χ1v) is 9.27. The SMILES string of the molecule is C/C(=N\N=C1\NC(=O)[C@@H](CC(=O)Nc2ccccc2)S1)c1ccc(O)cc1O. The second-order valence-electron chi connectivity index (χ2n) is 6.01. The summed E-state index contributed by atoms with van der Waals surface area (Å²) >= 11 is 1.12. The normalized spacial score (nSPS) is 18.2. The lowest BCUT2D eigenvalue weighted by Gasteiger charge is -2.06. The number of amides is 2. The van der Waals surface area contributed by atoms with Gasteiger partial charge in [-0.15, -0.1) is 5.10 Å². The Morgan fingerprint density at radius 3 is 2.68 bits per heavy atom.